The Labute approximate surface area is 242 Å². The SMILES string of the molecule is Brn1c2ccc1cc1nc(cc3c(-c4cccc5c4Cc4ccccc4-5)cc(cc4nc(c2)C=C4)n3Br)C=C1. The summed E-state index contributed by atoms with van der Waals surface area (Å²) in [6.07, 6.45) is 9.17. The average molecular weight is 632 g/mol. The third-order valence-corrected chi connectivity index (χ3v) is 9.17. The fourth-order valence-corrected chi connectivity index (χ4v) is 6.69. The molecule has 0 saturated heterocycles. The molecule has 0 unspecified atom stereocenters. The van der Waals surface area contributed by atoms with Gasteiger partial charge in [-0.2, -0.15) is 0 Å². The van der Waals surface area contributed by atoms with E-state index in [2.05, 4.69) is 145 Å². The molecule has 0 fully saturated rings. The first kappa shape index (κ1) is 22.9. The van der Waals surface area contributed by atoms with Gasteiger partial charge in [0.15, 0.2) is 0 Å². The summed E-state index contributed by atoms with van der Waals surface area (Å²) in [6.45, 7) is 0. The van der Waals surface area contributed by atoms with Crippen molar-refractivity contribution in [3.63, 3.8) is 0 Å². The van der Waals surface area contributed by atoms with Gasteiger partial charge in [-0.15, -0.1) is 0 Å². The van der Waals surface area contributed by atoms with Gasteiger partial charge in [0.2, 0.25) is 0 Å². The van der Waals surface area contributed by atoms with E-state index in [1.807, 2.05) is 3.59 Å². The van der Waals surface area contributed by atoms with E-state index in [9.17, 15) is 0 Å². The minimum absolute atomic E-state index is 0.906. The molecule has 2 aliphatic heterocycles. The maximum atomic E-state index is 4.93. The van der Waals surface area contributed by atoms with Crippen LogP contribution in [-0.2, 0) is 6.42 Å². The van der Waals surface area contributed by atoms with Gasteiger partial charge < -0.3 is 0 Å². The van der Waals surface area contributed by atoms with Crippen LogP contribution in [0.3, 0.4) is 0 Å². The summed E-state index contributed by atoms with van der Waals surface area (Å²) in [7, 11) is 0. The van der Waals surface area contributed by atoms with Crippen LogP contribution in [0.1, 0.15) is 33.9 Å². The smallest absolute Gasteiger partial charge is 0.0658 e. The van der Waals surface area contributed by atoms with E-state index in [1.54, 1.807) is 0 Å². The highest BCUT2D eigenvalue weighted by molar-refractivity contribution is 9.08. The zero-order valence-corrected chi connectivity index (χ0v) is 23.8. The highest BCUT2D eigenvalue weighted by Gasteiger charge is 2.23. The first-order chi connectivity index (χ1) is 19.1. The highest BCUT2D eigenvalue weighted by Crippen LogP contribution is 2.43. The van der Waals surface area contributed by atoms with Crippen molar-refractivity contribution in [2.75, 3.05) is 0 Å². The molecule has 8 bridgehead atoms. The number of rotatable bonds is 1. The van der Waals surface area contributed by atoms with Crippen molar-refractivity contribution in [3.05, 3.63) is 119 Å². The predicted molar refractivity (Wildman–Crippen MR) is 168 cm³/mol. The minimum atomic E-state index is 0.906. The molecule has 1 aliphatic carbocycles. The maximum Gasteiger partial charge on any atom is 0.0658 e. The van der Waals surface area contributed by atoms with Crippen LogP contribution in [-0.4, -0.2) is 17.2 Å². The fourth-order valence-electron chi connectivity index (χ4n) is 5.75. The van der Waals surface area contributed by atoms with E-state index < -0.39 is 0 Å². The van der Waals surface area contributed by atoms with Gasteiger partial charge in [-0.05, 0) is 101 Å². The van der Waals surface area contributed by atoms with Gasteiger partial charge in [-0.1, -0.05) is 42.5 Å². The molecule has 39 heavy (non-hydrogen) atoms. The van der Waals surface area contributed by atoms with E-state index >= 15 is 0 Å². The summed E-state index contributed by atoms with van der Waals surface area (Å²) >= 11 is 7.58. The number of halogens is 2. The summed E-state index contributed by atoms with van der Waals surface area (Å²) in [5.74, 6) is 0. The first-order valence-corrected chi connectivity index (χ1v) is 14.2. The molecule has 6 heteroatoms. The van der Waals surface area contributed by atoms with Crippen LogP contribution in [0.4, 0.5) is 0 Å². The summed E-state index contributed by atoms with van der Waals surface area (Å²) in [6, 6.07) is 30.2. The van der Waals surface area contributed by atoms with Crippen LogP contribution in [0.2, 0.25) is 0 Å². The van der Waals surface area contributed by atoms with Gasteiger partial charge in [0.1, 0.15) is 0 Å². The summed E-state index contributed by atoms with van der Waals surface area (Å²) in [5.41, 5.74) is 15.5. The topological polar surface area (TPSA) is 35.6 Å². The van der Waals surface area contributed by atoms with Gasteiger partial charge in [-0.25, -0.2) is 9.97 Å². The van der Waals surface area contributed by atoms with Crippen molar-refractivity contribution in [2.24, 2.45) is 0 Å². The summed E-state index contributed by atoms with van der Waals surface area (Å²) < 4.78 is 4.05. The Morgan fingerprint density at radius 3 is 1.77 bits per heavy atom. The Kier molecular flexibility index (Phi) is 5.15. The summed E-state index contributed by atoms with van der Waals surface area (Å²) in [4.78, 5) is 9.80. The largest absolute Gasteiger partial charge is 0.277 e. The summed E-state index contributed by atoms with van der Waals surface area (Å²) in [5, 5.41) is 0. The van der Waals surface area contributed by atoms with E-state index in [-0.39, 0.29) is 0 Å². The molecule has 5 aromatic rings. The first-order valence-electron chi connectivity index (χ1n) is 12.8. The normalized spacial score (nSPS) is 13.1. The lowest BCUT2D eigenvalue weighted by molar-refractivity contribution is 1.26. The molecule has 0 radical (unpaired) electrons. The van der Waals surface area contributed by atoms with Crippen molar-refractivity contribution in [1.29, 1.82) is 0 Å². The Morgan fingerprint density at radius 2 is 1.08 bits per heavy atom. The predicted octanol–water partition coefficient (Wildman–Crippen LogP) is 9.16. The molecule has 0 amide bonds. The van der Waals surface area contributed by atoms with Gasteiger partial charge in [0, 0.05) is 5.56 Å². The van der Waals surface area contributed by atoms with Gasteiger partial charge in [0.05, 0.1) is 77.1 Å². The minimum Gasteiger partial charge on any atom is -0.277 e. The number of benzene rings is 2. The van der Waals surface area contributed by atoms with E-state index in [0.717, 1.165) is 56.8 Å². The highest BCUT2D eigenvalue weighted by atomic mass is 79.9. The molecule has 3 aromatic heterocycles. The average Bonchev–Trinajstić information content (AvgIpc) is 3.76. The van der Waals surface area contributed by atoms with Crippen molar-refractivity contribution in [1.82, 2.24) is 17.2 Å². The van der Waals surface area contributed by atoms with Gasteiger partial charge in [0.25, 0.3) is 0 Å². The Hall–Kier alpha value is -4.00. The van der Waals surface area contributed by atoms with Gasteiger partial charge in [-0.3, -0.25) is 7.19 Å². The molecule has 0 spiro atoms. The third-order valence-electron chi connectivity index (χ3n) is 7.56. The van der Waals surface area contributed by atoms with Crippen LogP contribution in [0, 0.1) is 0 Å². The van der Waals surface area contributed by atoms with Crippen molar-refractivity contribution in [2.45, 2.75) is 6.42 Å². The fraction of sp³-hybridized carbons (Fsp3) is 0.0303. The third kappa shape index (κ3) is 3.78. The molecular weight excluding hydrogens is 612 g/mol. The number of nitrogens with zero attached hydrogens (tertiary/aromatic N) is 4. The lowest BCUT2D eigenvalue weighted by Gasteiger charge is -2.08. The van der Waals surface area contributed by atoms with Gasteiger partial charge >= 0.3 is 0 Å². The molecule has 0 N–H and O–H groups in total. The standard InChI is InChI=1S/C33H20Br2N4/c34-38-25-12-13-26(38)16-22-10-11-24(37-22)18-33-32(19-27(39(33)35)17-23-9-8-21(15-25)36-23)30-7-3-6-29-28-5-2-1-4-20(28)14-31(29)30/h1-13,15-19H,14H2. The van der Waals surface area contributed by atoms with E-state index in [1.165, 1.54) is 27.8 Å². The molecule has 4 nitrogen and oxygen atoms in total. The number of fused-ring (bicyclic) bond motifs is 11. The zero-order valence-electron chi connectivity index (χ0n) is 20.6. The van der Waals surface area contributed by atoms with Crippen LogP contribution < -0.4 is 0 Å². The lowest BCUT2D eigenvalue weighted by atomic mass is 9.96. The maximum absolute atomic E-state index is 4.93. The molecule has 3 aliphatic rings. The van der Waals surface area contributed by atoms with E-state index in [0.29, 0.717) is 0 Å². The van der Waals surface area contributed by atoms with Crippen LogP contribution in [0.5, 0.6) is 0 Å². The lowest BCUT2D eigenvalue weighted by Crippen LogP contribution is -1.88. The Morgan fingerprint density at radius 1 is 0.513 bits per heavy atom. The van der Waals surface area contributed by atoms with Crippen LogP contribution >= 0.6 is 32.3 Å². The molecular formula is C33H20Br2N4. The second-order valence-corrected chi connectivity index (χ2v) is 11.4. The van der Waals surface area contributed by atoms with Crippen LogP contribution in [0.15, 0.2) is 84.9 Å². The molecule has 2 aromatic carbocycles. The number of aromatic nitrogens is 4. The molecule has 5 heterocycles. The molecule has 186 valence electrons. The number of hydrogen-bond acceptors (Lipinski definition) is 2. The monoisotopic (exact) mass is 630 g/mol. The molecule has 0 saturated carbocycles. The van der Waals surface area contributed by atoms with Crippen molar-refractivity contribution < 1.29 is 0 Å². The van der Waals surface area contributed by atoms with Crippen molar-refractivity contribution in [3.8, 4) is 22.3 Å². The Balaban J connectivity index is 1.44. The second-order valence-electron chi connectivity index (χ2n) is 9.95. The van der Waals surface area contributed by atoms with Crippen molar-refractivity contribution >= 4 is 78.7 Å². The second kappa shape index (κ2) is 8.76. The van der Waals surface area contributed by atoms with Crippen LogP contribution in [0.25, 0.3) is 68.6 Å². The zero-order chi connectivity index (χ0) is 26.1. The molecule has 0 atom stereocenters. The Bertz CT molecular complexity index is 2080. The van der Waals surface area contributed by atoms with E-state index in [4.69, 9.17) is 9.97 Å². The quantitative estimate of drug-likeness (QED) is 0.181. The number of hydrogen-bond donors (Lipinski definition) is 0. The molecule has 8 rings (SSSR count).